The van der Waals surface area contributed by atoms with Crippen LogP contribution in [0.25, 0.3) is 0 Å². The Morgan fingerprint density at radius 2 is 1.78 bits per heavy atom. The second-order valence-electron chi connectivity index (χ2n) is 6.48. The van der Waals surface area contributed by atoms with E-state index in [0.29, 0.717) is 0 Å². The van der Waals surface area contributed by atoms with Gasteiger partial charge in [-0.25, -0.2) is 0 Å². The van der Waals surface area contributed by atoms with Crippen LogP contribution in [0.1, 0.15) is 36.4 Å². The molecule has 2 aliphatic rings. The number of morpholine rings is 1. The summed E-state index contributed by atoms with van der Waals surface area (Å²) in [4.78, 5) is 28.5. The molecule has 3 rings (SSSR count). The summed E-state index contributed by atoms with van der Waals surface area (Å²) in [5, 5.41) is 0. The Labute approximate surface area is 137 Å². The smallest absolute Gasteiger partial charge is 0.254 e. The van der Waals surface area contributed by atoms with E-state index in [9.17, 15) is 9.59 Å². The molecule has 2 amide bonds. The maximum Gasteiger partial charge on any atom is 0.254 e. The summed E-state index contributed by atoms with van der Waals surface area (Å²) in [6.07, 6.45) is 2.65. The third-order valence-corrected chi connectivity index (χ3v) is 4.81. The van der Waals surface area contributed by atoms with Crippen molar-refractivity contribution in [3.63, 3.8) is 0 Å². The molecule has 2 aliphatic heterocycles. The summed E-state index contributed by atoms with van der Waals surface area (Å²) in [5.41, 5.74) is 2.10. The van der Waals surface area contributed by atoms with Gasteiger partial charge in [-0.05, 0) is 31.7 Å². The van der Waals surface area contributed by atoms with E-state index in [1.54, 1.807) is 11.9 Å². The Morgan fingerprint density at radius 1 is 1.13 bits per heavy atom. The fourth-order valence-electron chi connectivity index (χ4n) is 3.37. The summed E-state index contributed by atoms with van der Waals surface area (Å²) in [5.74, 6) is -0.0760. The topological polar surface area (TPSA) is 49.9 Å². The van der Waals surface area contributed by atoms with Crippen molar-refractivity contribution in [3.8, 4) is 0 Å². The quantitative estimate of drug-likeness (QED) is 0.837. The Kier molecular flexibility index (Phi) is 4.66. The lowest BCUT2D eigenvalue weighted by Gasteiger charge is -2.41. The van der Waals surface area contributed by atoms with Crippen LogP contribution in [0.5, 0.6) is 0 Å². The van der Waals surface area contributed by atoms with E-state index in [-0.39, 0.29) is 24.5 Å². The van der Waals surface area contributed by atoms with Crippen molar-refractivity contribution in [3.05, 3.63) is 35.4 Å². The standard InChI is InChI=1S/C18H24N2O3/c1-13-6-8-14(9-7-13)16-17(23-12-15(21)19(16)2)18(22)20-10-4-3-5-11-20/h6-9,16-17H,3-5,10-12H2,1-2H3/t16-,17+/m1/s1. The molecule has 0 radical (unpaired) electrons. The van der Waals surface area contributed by atoms with E-state index < -0.39 is 6.10 Å². The molecule has 0 aliphatic carbocycles. The number of piperidine rings is 1. The lowest BCUT2D eigenvalue weighted by atomic mass is 9.96. The number of aryl methyl sites for hydroxylation is 1. The predicted octanol–water partition coefficient (Wildman–Crippen LogP) is 1.91. The van der Waals surface area contributed by atoms with Crippen molar-refractivity contribution in [2.75, 3.05) is 26.7 Å². The van der Waals surface area contributed by atoms with E-state index in [4.69, 9.17) is 4.74 Å². The van der Waals surface area contributed by atoms with Crippen LogP contribution < -0.4 is 0 Å². The van der Waals surface area contributed by atoms with Gasteiger partial charge in [0.1, 0.15) is 6.61 Å². The number of carbonyl (C=O) groups excluding carboxylic acids is 2. The molecule has 0 bridgehead atoms. The molecule has 0 N–H and O–H groups in total. The van der Waals surface area contributed by atoms with Crippen LogP contribution >= 0.6 is 0 Å². The van der Waals surface area contributed by atoms with Gasteiger partial charge in [-0.15, -0.1) is 0 Å². The highest BCUT2D eigenvalue weighted by Crippen LogP contribution is 2.31. The van der Waals surface area contributed by atoms with Crippen molar-refractivity contribution in [1.29, 1.82) is 0 Å². The first kappa shape index (κ1) is 16.0. The van der Waals surface area contributed by atoms with E-state index in [2.05, 4.69) is 0 Å². The highest BCUT2D eigenvalue weighted by atomic mass is 16.5. The van der Waals surface area contributed by atoms with E-state index in [0.717, 1.165) is 37.1 Å². The molecule has 23 heavy (non-hydrogen) atoms. The molecule has 0 aromatic heterocycles. The second-order valence-corrected chi connectivity index (χ2v) is 6.48. The van der Waals surface area contributed by atoms with E-state index >= 15 is 0 Å². The highest BCUT2D eigenvalue weighted by Gasteiger charge is 2.41. The molecular weight excluding hydrogens is 292 g/mol. The van der Waals surface area contributed by atoms with Gasteiger partial charge in [0.2, 0.25) is 5.91 Å². The largest absolute Gasteiger partial charge is 0.356 e. The van der Waals surface area contributed by atoms with Crippen molar-refractivity contribution in [2.45, 2.75) is 38.3 Å². The summed E-state index contributed by atoms with van der Waals surface area (Å²) in [6, 6.07) is 7.62. The number of nitrogens with zero attached hydrogens (tertiary/aromatic N) is 2. The maximum atomic E-state index is 12.9. The zero-order valence-corrected chi connectivity index (χ0v) is 13.8. The lowest BCUT2D eigenvalue weighted by Crippen LogP contribution is -2.54. The van der Waals surface area contributed by atoms with Crippen LogP contribution in [0.2, 0.25) is 0 Å². The van der Waals surface area contributed by atoms with Crippen LogP contribution in [0.3, 0.4) is 0 Å². The number of amides is 2. The SMILES string of the molecule is Cc1ccc([C@@H]2[C@@H](C(=O)N3CCCCC3)OCC(=O)N2C)cc1. The van der Waals surface area contributed by atoms with Gasteiger partial charge in [0.15, 0.2) is 6.10 Å². The lowest BCUT2D eigenvalue weighted by molar-refractivity contribution is -0.167. The normalized spacial score (nSPS) is 25.6. The zero-order chi connectivity index (χ0) is 16.4. The van der Waals surface area contributed by atoms with Crippen molar-refractivity contribution < 1.29 is 14.3 Å². The van der Waals surface area contributed by atoms with Gasteiger partial charge in [0.05, 0.1) is 6.04 Å². The molecule has 1 aromatic carbocycles. The Morgan fingerprint density at radius 3 is 2.43 bits per heavy atom. The molecule has 5 heteroatoms. The number of hydrogen-bond acceptors (Lipinski definition) is 3. The second kappa shape index (κ2) is 6.71. The van der Waals surface area contributed by atoms with Gasteiger partial charge in [-0.2, -0.15) is 0 Å². The molecule has 5 nitrogen and oxygen atoms in total. The molecule has 2 fully saturated rings. The van der Waals surface area contributed by atoms with E-state index in [1.165, 1.54) is 6.42 Å². The van der Waals surface area contributed by atoms with Gasteiger partial charge in [-0.1, -0.05) is 29.8 Å². The molecule has 0 unspecified atom stereocenters. The van der Waals surface area contributed by atoms with Gasteiger partial charge < -0.3 is 14.5 Å². The third-order valence-electron chi connectivity index (χ3n) is 4.81. The Hall–Kier alpha value is -1.88. The fourth-order valence-corrected chi connectivity index (χ4v) is 3.37. The Bertz CT molecular complexity index is 578. The zero-order valence-electron chi connectivity index (χ0n) is 13.8. The minimum atomic E-state index is -0.612. The minimum absolute atomic E-state index is 0.00891. The first-order chi connectivity index (χ1) is 11.1. The molecule has 2 heterocycles. The summed E-state index contributed by atoms with van der Waals surface area (Å²) in [7, 11) is 1.76. The monoisotopic (exact) mass is 316 g/mol. The minimum Gasteiger partial charge on any atom is -0.356 e. The summed E-state index contributed by atoms with van der Waals surface area (Å²) >= 11 is 0. The Balaban J connectivity index is 1.87. The highest BCUT2D eigenvalue weighted by molar-refractivity contribution is 5.86. The molecule has 2 saturated heterocycles. The van der Waals surface area contributed by atoms with Gasteiger partial charge in [0, 0.05) is 20.1 Å². The first-order valence-electron chi connectivity index (χ1n) is 8.30. The maximum absolute atomic E-state index is 12.9. The van der Waals surface area contributed by atoms with Crippen LogP contribution in [-0.4, -0.2) is 54.5 Å². The predicted molar refractivity (Wildman–Crippen MR) is 86.9 cm³/mol. The number of likely N-dealkylation sites (N-methyl/N-ethyl adjacent to an activating group) is 1. The van der Waals surface area contributed by atoms with Crippen molar-refractivity contribution >= 4 is 11.8 Å². The molecule has 124 valence electrons. The number of benzene rings is 1. The van der Waals surface area contributed by atoms with Gasteiger partial charge in [0.25, 0.3) is 5.91 Å². The number of rotatable bonds is 2. The van der Waals surface area contributed by atoms with Crippen molar-refractivity contribution in [1.82, 2.24) is 9.80 Å². The first-order valence-corrected chi connectivity index (χ1v) is 8.30. The van der Waals surface area contributed by atoms with Crippen LogP contribution in [0, 0.1) is 6.92 Å². The molecule has 2 atom stereocenters. The molecule has 1 aromatic rings. The molecule has 0 spiro atoms. The van der Waals surface area contributed by atoms with Gasteiger partial charge >= 0.3 is 0 Å². The van der Waals surface area contributed by atoms with Crippen molar-refractivity contribution in [2.24, 2.45) is 0 Å². The molecular formula is C18H24N2O3. The number of hydrogen-bond donors (Lipinski definition) is 0. The van der Waals surface area contributed by atoms with Crippen LogP contribution in [0.4, 0.5) is 0 Å². The van der Waals surface area contributed by atoms with Crippen LogP contribution in [0.15, 0.2) is 24.3 Å². The average Bonchev–Trinajstić information content (AvgIpc) is 2.58. The van der Waals surface area contributed by atoms with Crippen LogP contribution in [-0.2, 0) is 14.3 Å². The summed E-state index contributed by atoms with van der Waals surface area (Å²) in [6.45, 7) is 3.57. The van der Waals surface area contributed by atoms with E-state index in [1.807, 2.05) is 36.1 Å². The number of ether oxygens (including phenoxy) is 1. The average molecular weight is 316 g/mol. The van der Waals surface area contributed by atoms with Gasteiger partial charge in [-0.3, -0.25) is 9.59 Å². The molecule has 0 saturated carbocycles. The third kappa shape index (κ3) is 3.24. The number of carbonyl (C=O) groups is 2. The fraction of sp³-hybridized carbons (Fsp3) is 0.556. The summed E-state index contributed by atoms with van der Waals surface area (Å²) < 4.78 is 5.69. The number of likely N-dealkylation sites (tertiary alicyclic amines) is 1.